The summed E-state index contributed by atoms with van der Waals surface area (Å²) in [5.41, 5.74) is 1.54. The zero-order chi connectivity index (χ0) is 18.4. The molecule has 3 N–H and O–H groups in total. The lowest BCUT2D eigenvalue weighted by Gasteiger charge is -2.12. The number of carbonyl (C=O) groups excluding carboxylic acids is 2. The smallest absolute Gasteiger partial charge is 0.261 e. The first-order chi connectivity index (χ1) is 11.9. The predicted molar refractivity (Wildman–Crippen MR) is 104 cm³/mol. The summed E-state index contributed by atoms with van der Waals surface area (Å²) in [4.78, 5) is 23.9. The lowest BCUT2D eigenvalue weighted by atomic mass is 10.2. The second-order valence-corrected chi connectivity index (χ2v) is 6.23. The molecule has 0 radical (unpaired) electrons. The van der Waals surface area contributed by atoms with E-state index in [0.717, 1.165) is 4.47 Å². The number of halogens is 1. The summed E-state index contributed by atoms with van der Waals surface area (Å²) in [6.07, 6.45) is 0. The van der Waals surface area contributed by atoms with Gasteiger partial charge >= 0.3 is 0 Å². The standard InChI is InChI=1S/C17H16BrN3O3S/c1-19-15(22)10-3-6-12(7-4-10)20-17(25)21-16(23)13-9-11(18)5-8-14(13)24-2/h3-9H,1-2H3,(H,19,22)(H2,20,21,23,25). The maximum atomic E-state index is 12.4. The monoisotopic (exact) mass is 421 g/mol. The van der Waals surface area contributed by atoms with Gasteiger partial charge in [-0.15, -0.1) is 0 Å². The number of carbonyl (C=O) groups is 2. The van der Waals surface area contributed by atoms with Crippen LogP contribution in [0, 0.1) is 0 Å². The van der Waals surface area contributed by atoms with Gasteiger partial charge < -0.3 is 15.4 Å². The molecule has 0 heterocycles. The van der Waals surface area contributed by atoms with Gasteiger partial charge in [0.15, 0.2) is 5.11 Å². The summed E-state index contributed by atoms with van der Waals surface area (Å²) in [5.74, 6) is -0.125. The first-order valence-electron chi connectivity index (χ1n) is 7.22. The van der Waals surface area contributed by atoms with E-state index < -0.39 is 5.91 Å². The summed E-state index contributed by atoms with van der Waals surface area (Å²) < 4.78 is 5.94. The Hall–Kier alpha value is -2.45. The molecule has 0 spiro atoms. The van der Waals surface area contributed by atoms with Crippen LogP contribution in [-0.4, -0.2) is 31.1 Å². The van der Waals surface area contributed by atoms with Gasteiger partial charge in [-0.3, -0.25) is 14.9 Å². The Morgan fingerprint density at radius 2 is 1.76 bits per heavy atom. The van der Waals surface area contributed by atoms with Gasteiger partial charge in [0.1, 0.15) is 5.75 Å². The molecule has 0 saturated heterocycles. The summed E-state index contributed by atoms with van der Waals surface area (Å²) in [7, 11) is 3.06. The van der Waals surface area contributed by atoms with Crippen LogP contribution in [0.1, 0.15) is 20.7 Å². The van der Waals surface area contributed by atoms with Crippen molar-refractivity contribution in [2.75, 3.05) is 19.5 Å². The number of hydrogen-bond donors (Lipinski definition) is 3. The van der Waals surface area contributed by atoms with Gasteiger partial charge in [-0.2, -0.15) is 0 Å². The van der Waals surface area contributed by atoms with Crippen molar-refractivity contribution in [1.29, 1.82) is 0 Å². The minimum absolute atomic E-state index is 0.139. The molecule has 0 aliphatic heterocycles. The number of nitrogens with one attached hydrogen (secondary N) is 3. The van der Waals surface area contributed by atoms with Crippen molar-refractivity contribution in [3.63, 3.8) is 0 Å². The van der Waals surface area contributed by atoms with Crippen molar-refractivity contribution in [3.8, 4) is 5.75 Å². The normalized spacial score (nSPS) is 9.88. The van der Waals surface area contributed by atoms with E-state index in [1.54, 1.807) is 49.5 Å². The molecule has 0 aromatic heterocycles. The fourth-order valence-corrected chi connectivity index (χ4v) is 2.61. The Bertz CT molecular complexity index is 809. The zero-order valence-electron chi connectivity index (χ0n) is 13.6. The molecule has 2 rings (SSSR count). The fourth-order valence-electron chi connectivity index (χ4n) is 2.04. The molecular weight excluding hydrogens is 406 g/mol. The number of methoxy groups -OCH3 is 1. The molecule has 0 atom stereocenters. The van der Waals surface area contributed by atoms with Crippen molar-refractivity contribution in [1.82, 2.24) is 10.6 Å². The first kappa shape index (κ1) is 18.9. The topological polar surface area (TPSA) is 79.5 Å². The van der Waals surface area contributed by atoms with Gasteiger partial charge in [-0.1, -0.05) is 15.9 Å². The highest BCUT2D eigenvalue weighted by Gasteiger charge is 2.14. The van der Waals surface area contributed by atoms with Crippen LogP contribution in [0.4, 0.5) is 5.69 Å². The van der Waals surface area contributed by atoms with E-state index >= 15 is 0 Å². The third-order valence-corrected chi connectivity index (χ3v) is 3.96. The molecule has 2 amide bonds. The molecule has 0 aliphatic carbocycles. The number of benzene rings is 2. The van der Waals surface area contributed by atoms with Crippen LogP contribution in [-0.2, 0) is 0 Å². The molecule has 0 saturated carbocycles. The number of rotatable bonds is 4. The SMILES string of the molecule is CNC(=O)c1ccc(NC(=S)NC(=O)c2cc(Br)ccc2OC)cc1. The third kappa shape index (κ3) is 5.01. The minimum Gasteiger partial charge on any atom is -0.496 e. The highest BCUT2D eigenvalue weighted by atomic mass is 79.9. The lowest BCUT2D eigenvalue weighted by molar-refractivity contribution is 0.0959. The van der Waals surface area contributed by atoms with E-state index in [1.807, 2.05) is 0 Å². The average Bonchev–Trinajstić information content (AvgIpc) is 2.61. The van der Waals surface area contributed by atoms with Crippen molar-refractivity contribution in [3.05, 3.63) is 58.1 Å². The zero-order valence-corrected chi connectivity index (χ0v) is 16.0. The van der Waals surface area contributed by atoms with Crippen LogP contribution < -0.4 is 20.7 Å². The van der Waals surface area contributed by atoms with Crippen LogP contribution in [0.15, 0.2) is 46.9 Å². The van der Waals surface area contributed by atoms with E-state index in [2.05, 4.69) is 31.9 Å². The van der Waals surface area contributed by atoms with Crippen molar-refractivity contribution >= 4 is 50.8 Å². The van der Waals surface area contributed by atoms with Gasteiger partial charge in [0.25, 0.3) is 11.8 Å². The van der Waals surface area contributed by atoms with Crippen LogP contribution >= 0.6 is 28.1 Å². The lowest BCUT2D eigenvalue weighted by Crippen LogP contribution is -2.34. The molecule has 130 valence electrons. The van der Waals surface area contributed by atoms with Crippen molar-refractivity contribution in [2.45, 2.75) is 0 Å². The maximum absolute atomic E-state index is 12.4. The predicted octanol–water partition coefficient (Wildman–Crippen LogP) is 2.94. The van der Waals surface area contributed by atoms with Crippen molar-refractivity contribution < 1.29 is 14.3 Å². The fraction of sp³-hybridized carbons (Fsp3) is 0.118. The van der Waals surface area contributed by atoms with Crippen LogP contribution in [0.5, 0.6) is 5.75 Å². The minimum atomic E-state index is -0.391. The summed E-state index contributed by atoms with van der Waals surface area (Å²) in [5, 5.41) is 8.17. The number of thiocarbonyl (C=S) groups is 1. The quantitative estimate of drug-likeness (QED) is 0.661. The molecule has 8 heteroatoms. The van der Waals surface area contributed by atoms with Gasteiger partial charge in [-0.25, -0.2) is 0 Å². The highest BCUT2D eigenvalue weighted by molar-refractivity contribution is 9.10. The van der Waals surface area contributed by atoms with Gasteiger partial charge in [-0.05, 0) is 54.7 Å². The molecule has 6 nitrogen and oxygen atoms in total. The molecule has 0 fully saturated rings. The van der Waals surface area contributed by atoms with E-state index in [4.69, 9.17) is 17.0 Å². The highest BCUT2D eigenvalue weighted by Crippen LogP contribution is 2.22. The second kappa shape index (κ2) is 8.59. The molecule has 2 aromatic carbocycles. The van der Waals surface area contributed by atoms with Crippen LogP contribution in [0.25, 0.3) is 0 Å². The largest absolute Gasteiger partial charge is 0.496 e. The number of anilines is 1. The summed E-state index contributed by atoms with van der Waals surface area (Å²) in [6, 6.07) is 11.8. The van der Waals surface area contributed by atoms with Crippen molar-refractivity contribution in [2.24, 2.45) is 0 Å². The molecule has 25 heavy (non-hydrogen) atoms. The number of amides is 2. The Balaban J connectivity index is 2.04. The Morgan fingerprint density at radius 1 is 1.08 bits per heavy atom. The van der Waals surface area contributed by atoms with Gasteiger partial charge in [0.05, 0.1) is 12.7 Å². The number of hydrogen-bond acceptors (Lipinski definition) is 4. The van der Waals surface area contributed by atoms with Gasteiger partial charge in [0, 0.05) is 22.8 Å². The first-order valence-corrected chi connectivity index (χ1v) is 8.42. The Kier molecular flexibility index (Phi) is 6.49. The third-order valence-electron chi connectivity index (χ3n) is 3.27. The Morgan fingerprint density at radius 3 is 2.36 bits per heavy atom. The average molecular weight is 422 g/mol. The summed E-state index contributed by atoms with van der Waals surface area (Å²) in [6.45, 7) is 0. The molecule has 0 bridgehead atoms. The summed E-state index contributed by atoms with van der Waals surface area (Å²) >= 11 is 8.48. The van der Waals surface area contributed by atoms with E-state index in [0.29, 0.717) is 22.6 Å². The van der Waals surface area contributed by atoms with Crippen LogP contribution in [0.2, 0.25) is 0 Å². The molecule has 0 aliphatic rings. The maximum Gasteiger partial charge on any atom is 0.261 e. The van der Waals surface area contributed by atoms with E-state index in [-0.39, 0.29) is 11.0 Å². The molecule has 2 aromatic rings. The molecule has 0 unspecified atom stereocenters. The van der Waals surface area contributed by atoms with Crippen LogP contribution in [0.3, 0.4) is 0 Å². The second-order valence-electron chi connectivity index (χ2n) is 4.91. The Labute approximate surface area is 159 Å². The molecular formula is C17H16BrN3O3S. The van der Waals surface area contributed by atoms with E-state index in [1.165, 1.54) is 7.11 Å². The van der Waals surface area contributed by atoms with E-state index in [9.17, 15) is 9.59 Å². The number of ether oxygens (including phenoxy) is 1. The van der Waals surface area contributed by atoms with Gasteiger partial charge in [0.2, 0.25) is 0 Å².